The van der Waals surface area contributed by atoms with Gasteiger partial charge in [-0.1, -0.05) is 6.07 Å². The number of aromatic nitrogens is 1. The molecule has 1 aromatic heterocycles. The first kappa shape index (κ1) is 15.3. The first-order chi connectivity index (χ1) is 8.66. The van der Waals surface area contributed by atoms with Crippen LogP contribution in [0.15, 0.2) is 24.4 Å². The third kappa shape index (κ3) is 4.12. The largest absolute Gasteiger partial charge is 0.464 e. The Bertz CT molecular complexity index is 457. The third-order valence-electron chi connectivity index (χ3n) is 2.53. The van der Waals surface area contributed by atoms with Gasteiger partial charge in [-0.25, -0.2) is 0 Å². The number of halogens is 6. The lowest BCUT2D eigenvalue weighted by Gasteiger charge is -2.22. The molecule has 1 rings (SSSR count). The fourth-order valence-electron chi connectivity index (χ4n) is 1.58. The highest BCUT2D eigenvalue weighted by atomic mass is 19.4. The van der Waals surface area contributed by atoms with Crippen LogP contribution in [0.2, 0.25) is 0 Å². The van der Waals surface area contributed by atoms with Crippen molar-refractivity contribution in [3.05, 3.63) is 30.1 Å². The van der Waals surface area contributed by atoms with E-state index >= 15 is 0 Å². The molecule has 0 fully saturated rings. The summed E-state index contributed by atoms with van der Waals surface area (Å²) in [4.78, 5) is 0. The molecule has 0 aliphatic rings. The van der Waals surface area contributed by atoms with Crippen LogP contribution >= 0.6 is 0 Å². The average molecular weight is 283 g/mol. The number of nitriles is 1. The Morgan fingerprint density at radius 2 is 1.68 bits per heavy atom. The summed E-state index contributed by atoms with van der Waals surface area (Å²) in [6.45, 7) is 0. The van der Waals surface area contributed by atoms with Gasteiger partial charge in [-0.15, -0.1) is 4.57 Å². The fraction of sp³-hybridized carbons (Fsp3) is 0.455. The monoisotopic (exact) mass is 283 g/mol. The second kappa shape index (κ2) is 5.47. The van der Waals surface area contributed by atoms with Crippen molar-refractivity contribution >= 4 is 0 Å². The smallest absolute Gasteiger partial charge is 0.170 e. The molecule has 0 spiro atoms. The van der Waals surface area contributed by atoms with Gasteiger partial charge in [0.2, 0.25) is 0 Å². The van der Waals surface area contributed by atoms with Crippen LogP contribution in [0.25, 0.3) is 0 Å². The van der Waals surface area contributed by atoms with Crippen LogP contribution in [0.3, 0.4) is 0 Å². The van der Waals surface area contributed by atoms with E-state index in [0.29, 0.717) is 0 Å². The second-order valence-electron chi connectivity index (χ2n) is 3.84. The lowest BCUT2D eigenvalue weighted by atomic mass is 10.0. The van der Waals surface area contributed by atoms with E-state index in [9.17, 15) is 26.3 Å². The maximum absolute atomic E-state index is 12.3. The van der Waals surface area contributed by atoms with Gasteiger partial charge in [-0.05, 0) is 18.6 Å². The van der Waals surface area contributed by atoms with Crippen molar-refractivity contribution in [3.63, 3.8) is 0 Å². The molecule has 0 unspecified atom stereocenters. The van der Waals surface area contributed by atoms with E-state index in [-0.39, 0.29) is 5.69 Å². The molecule has 0 saturated carbocycles. The van der Waals surface area contributed by atoms with Crippen LogP contribution in [0.1, 0.15) is 12.1 Å². The van der Waals surface area contributed by atoms with E-state index in [1.807, 2.05) is 0 Å². The zero-order valence-electron chi connectivity index (χ0n) is 9.46. The Morgan fingerprint density at radius 3 is 2.16 bits per heavy atom. The predicted octanol–water partition coefficient (Wildman–Crippen LogP) is 2.98. The van der Waals surface area contributed by atoms with Gasteiger partial charge in [0.25, 0.3) is 0 Å². The van der Waals surface area contributed by atoms with E-state index in [2.05, 4.69) is 0 Å². The van der Waals surface area contributed by atoms with Crippen molar-refractivity contribution in [1.82, 2.24) is 0 Å². The van der Waals surface area contributed by atoms with Crippen LogP contribution in [-0.4, -0.2) is 12.4 Å². The van der Waals surface area contributed by atoms with Gasteiger partial charge in [-0.3, -0.25) is 0 Å². The van der Waals surface area contributed by atoms with Crippen molar-refractivity contribution in [2.24, 2.45) is 5.92 Å². The number of rotatable bonds is 3. The summed E-state index contributed by atoms with van der Waals surface area (Å²) in [6.07, 6.45) is -9.39. The maximum atomic E-state index is 12.3. The molecule has 104 valence electrons. The zero-order chi connectivity index (χ0) is 14.7. The number of pyridine rings is 1. The van der Waals surface area contributed by atoms with Gasteiger partial charge in [0.1, 0.15) is 11.9 Å². The predicted molar refractivity (Wildman–Crippen MR) is 51.6 cm³/mol. The van der Waals surface area contributed by atoms with E-state index in [0.717, 1.165) is 4.57 Å². The van der Waals surface area contributed by atoms with Crippen molar-refractivity contribution in [1.29, 1.82) is 5.26 Å². The molecular formula is C11H9F6N2+. The second-order valence-corrected chi connectivity index (χ2v) is 3.84. The Labute approximate surface area is 104 Å². The van der Waals surface area contributed by atoms with Crippen LogP contribution in [0.4, 0.5) is 26.3 Å². The van der Waals surface area contributed by atoms with Crippen molar-refractivity contribution in [3.8, 4) is 6.19 Å². The molecule has 19 heavy (non-hydrogen) atoms. The molecule has 1 aromatic rings. The highest BCUT2D eigenvalue weighted by Gasteiger charge is 2.55. The molecule has 1 heterocycles. The lowest BCUT2D eigenvalue weighted by Crippen LogP contribution is -2.38. The van der Waals surface area contributed by atoms with Gasteiger partial charge < -0.3 is 0 Å². The quantitative estimate of drug-likeness (QED) is 0.619. The summed E-state index contributed by atoms with van der Waals surface area (Å²) in [6, 6.07) is 4.21. The molecule has 0 amide bonds. The molecule has 0 aliphatic carbocycles. The van der Waals surface area contributed by atoms with E-state index in [4.69, 9.17) is 5.26 Å². The summed E-state index contributed by atoms with van der Waals surface area (Å²) in [5.41, 5.74) is 0.100. The normalized spacial score (nSPS) is 12.5. The fourth-order valence-corrected chi connectivity index (χ4v) is 1.58. The summed E-state index contributed by atoms with van der Waals surface area (Å²) >= 11 is 0. The first-order valence-electron chi connectivity index (χ1n) is 5.19. The molecule has 0 aliphatic heterocycles. The third-order valence-corrected chi connectivity index (χ3v) is 2.53. The van der Waals surface area contributed by atoms with Crippen LogP contribution in [0.5, 0.6) is 0 Å². The Hall–Kier alpha value is -1.78. The van der Waals surface area contributed by atoms with Gasteiger partial charge in [0.05, 0.1) is 0 Å². The van der Waals surface area contributed by atoms with Crippen LogP contribution < -0.4 is 4.57 Å². The minimum Gasteiger partial charge on any atom is -0.170 e. The van der Waals surface area contributed by atoms with Gasteiger partial charge in [-0.2, -0.15) is 26.3 Å². The number of hydrogen-bond donors (Lipinski definition) is 0. The van der Waals surface area contributed by atoms with Gasteiger partial charge >= 0.3 is 18.5 Å². The molecule has 0 radical (unpaired) electrons. The summed E-state index contributed by atoms with van der Waals surface area (Å²) < 4.78 is 74.8. The molecule has 0 aromatic carbocycles. The highest BCUT2D eigenvalue weighted by molar-refractivity contribution is 4.99. The number of hydrogen-bond acceptors (Lipinski definition) is 1. The van der Waals surface area contributed by atoms with Crippen molar-refractivity contribution in [2.75, 3.05) is 0 Å². The Morgan fingerprint density at radius 1 is 1.11 bits per heavy atom. The number of aryl methyl sites for hydroxylation is 1. The number of alkyl halides is 6. The Balaban J connectivity index is 2.87. The summed E-state index contributed by atoms with van der Waals surface area (Å²) in [7, 11) is 0. The minimum atomic E-state index is -5.34. The van der Waals surface area contributed by atoms with Gasteiger partial charge in [0.15, 0.2) is 11.2 Å². The van der Waals surface area contributed by atoms with Crippen LogP contribution in [-0.2, 0) is 6.42 Å². The molecule has 8 heteroatoms. The standard InChI is InChI=1S/C11H9F6N2/c12-10(13,14)9(11(15,16)17)5-4-8-3-1-2-6-19(8)7-18/h1-3,6,9H,4-5H2/q+1. The summed E-state index contributed by atoms with van der Waals surface area (Å²) in [5.74, 6) is -3.38. The molecule has 0 N–H and O–H groups in total. The van der Waals surface area contributed by atoms with E-state index < -0.39 is 31.1 Å². The molecule has 0 atom stereocenters. The lowest BCUT2D eigenvalue weighted by molar-refractivity contribution is -0.595. The Kier molecular flexibility index (Phi) is 4.39. The average Bonchev–Trinajstić information content (AvgIpc) is 2.26. The highest BCUT2D eigenvalue weighted by Crippen LogP contribution is 2.41. The van der Waals surface area contributed by atoms with E-state index in [1.165, 1.54) is 24.4 Å². The van der Waals surface area contributed by atoms with E-state index in [1.54, 1.807) is 6.19 Å². The molecule has 2 nitrogen and oxygen atoms in total. The molecule has 0 bridgehead atoms. The minimum absolute atomic E-state index is 0.100. The zero-order valence-corrected chi connectivity index (χ0v) is 9.46. The van der Waals surface area contributed by atoms with Crippen molar-refractivity contribution < 1.29 is 30.9 Å². The molecule has 0 saturated heterocycles. The SMILES string of the molecule is N#C[n+]1ccccc1CCC(C(F)(F)F)C(F)(F)F. The number of nitrogens with zero attached hydrogens (tertiary/aromatic N) is 2. The van der Waals surface area contributed by atoms with Gasteiger partial charge in [0, 0.05) is 6.42 Å². The maximum Gasteiger partial charge on any atom is 0.464 e. The molecular weight excluding hydrogens is 274 g/mol. The first-order valence-corrected chi connectivity index (χ1v) is 5.19. The van der Waals surface area contributed by atoms with Crippen molar-refractivity contribution in [2.45, 2.75) is 25.2 Å². The topological polar surface area (TPSA) is 27.7 Å². The summed E-state index contributed by atoms with van der Waals surface area (Å²) in [5, 5.41) is 8.67. The van der Waals surface area contributed by atoms with Crippen LogP contribution in [0, 0.1) is 17.4 Å².